The predicted octanol–water partition coefficient (Wildman–Crippen LogP) is 3.36. The number of carboxylic acids is 1. The largest absolute Gasteiger partial charge is 0.480 e. The van der Waals surface area contributed by atoms with E-state index in [2.05, 4.69) is 12.1 Å². The molecule has 0 heterocycles. The van der Waals surface area contributed by atoms with Crippen LogP contribution in [0.4, 0.5) is 4.79 Å². The Morgan fingerprint density at radius 1 is 1.07 bits per heavy atom. The molecule has 1 atom stereocenters. The van der Waals surface area contributed by atoms with Gasteiger partial charge in [0.25, 0.3) is 0 Å². The summed E-state index contributed by atoms with van der Waals surface area (Å²) in [6, 6.07) is 15.1. The molecule has 1 aliphatic carbocycles. The van der Waals surface area contributed by atoms with Crippen LogP contribution in [0.25, 0.3) is 11.1 Å². The van der Waals surface area contributed by atoms with E-state index in [-0.39, 0.29) is 25.7 Å². The number of benzene rings is 2. The molecule has 6 heteroatoms. The van der Waals surface area contributed by atoms with Crippen LogP contribution in [-0.2, 0) is 14.3 Å². The van der Waals surface area contributed by atoms with Crippen molar-refractivity contribution in [1.29, 1.82) is 0 Å². The Hall–Kier alpha value is -2.86. The summed E-state index contributed by atoms with van der Waals surface area (Å²) in [5, 5.41) is 9.25. The molecule has 2 aromatic rings. The van der Waals surface area contributed by atoms with Crippen molar-refractivity contribution < 1.29 is 24.2 Å². The molecule has 27 heavy (non-hydrogen) atoms. The monoisotopic (exact) mass is 369 g/mol. The average Bonchev–Trinajstić information content (AvgIpc) is 3.00. The first-order chi connectivity index (χ1) is 13.0. The molecule has 0 spiro atoms. The van der Waals surface area contributed by atoms with Gasteiger partial charge in [0.05, 0.1) is 6.61 Å². The Morgan fingerprint density at radius 2 is 1.63 bits per heavy atom. The second-order valence-corrected chi connectivity index (χ2v) is 6.50. The summed E-state index contributed by atoms with van der Waals surface area (Å²) in [5.41, 5.74) is 4.51. The molecule has 6 nitrogen and oxygen atoms in total. The number of amides is 1. The van der Waals surface area contributed by atoms with Crippen LogP contribution in [0.3, 0.4) is 0 Å². The SMILES string of the molecule is COCCN(C(=O)OCC1c2ccccc2-c2ccccc21)C(C)C(=O)O. The van der Waals surface area contributed by atoms with Gasteiger partial charge in [-0.2, -0.15) is 0 Å². The minimum absolute atomic E-state index is 0.0641. The van der Waals surface area contributed by atoms with E-state index in [9.17, 15) is 14.7 Å². The van der Waals surface area contributed by atoms with Crippen molar-refractivity contribution in [1.82, 2.24) is 4.90 Å². The highest BCUT2D eigenvalue weighted by Gasteiger charge is 2.31. The molecule has 0 saturated heterocycles. The van der Waals surface area contributed by atoms with Crippen molar-refractivity contribution in [2.75, 3.05) is 26.9 Å². The Labute approximate surface area is 158 Å². The molecular formula is C21H23NO5. The van der Waals surface area contributed by atoms with E-state index in [1.165, 1.54) is 18.9 Å². The molecule has 1 amide bonds. The lowest BCUT2D eigenvalue weighted by Crippen LogP contribution is -2.45. The van der Waals surface area contributed by atoms with Crippen molar-refractivity contribution in [2.45, 2.75) is 18.9 Å². The molecule has 3 rings (SSSR count). The minimum atomic E-state index is -1.08. The lowest BCUT2D eigenvalue weighted by Gasteiger charge is -2.26. The molecule has 0 aliphatic heterocycles. The number of aliphatic carboxylic acids is 1. The van der Waals surface area contributed by atoms with Gasteiger partial charge in [0.1, 0.15) is 12.6 Å². The maximum atomic E-state index is 12.6. The summed E-state index contributed by atoms with van der Waals surface area (Å²) in [4.78, 5) is 25.0. The van der Waals surface area contributed by atoms with E-state index in [0.29, 0.717) is 0 Å². The molecule has 0 fully saturated rings. The molecule has 2 aromatic carbocycles. The third kappa shape index (κ3) is 3.80. The fourth-order valence-electron chi connectivity index (χ4n) is 3.44. The molecule has 0 aromatic heterocycles. The molecule has 0 bridgehead atoms. The number of carbonyl (C=O) groups excluding carboxylic acids is 1. The topological polar surface area (TPSA) is 76.1 Å². The Kier molecular flexibility index (Phi) is 5.76. The number of carbonyl (C=O) groups is 2. The molecule has 1 N–H and O–H groups in total. The highest BCUT2D eigenvalue weighted by Crippen LogP contribution is 2.44. The predicted molar refractivity (Wildman–Crippen MR) is 101 cm³/mol. The Bertz CT molecular complexity index is 789. The molecule has 0 radical (unpaired) electrons. The summed E-state index contributed by atoms with van der Waals surface area (Å²) in [5.74, 6) is -1.15. The molecule has 1 unspecified atom stereocenters. The lowest BCUT2D eigenvalue weighted by atomic mass is 9.98. The van der Waals surface area contributed by atoms with Crippen LogP contribution >= 0.6 is 0 Å². The summed E-state index contributed by atoms with van der Waals surface area (Å²) < 4.78 is 10.5. The highest BCUT2D eigenvalue weighted by molar-refractivity contribution is 5.81. The summed E-state index contributed by atoms with van der Waals surface area (Å²) in [6.07, 6.45) is -0.649. The molecule has 142 valence electrons. The third-order valence-corrected chi connectivity index (χ3v) is 4.93. The quantitative estimate of drug-likeness (QED) is 0.810. The van der Waals surface area contributed by atoms with Gasteiger partial charge in [-0.05, 0) is 29.2 Å². The number of hydrogen-bond acceptors (Lipinski definition) is 4. The fourth-order valence-corrected chi connectivity index (χ4v) is 3.44. The Morgan fingerprint density at radius 3 is 2.15 bits per heavy atom. The van der Waals surface area contributed by atoms with Crippen LogP contribution in [-0.4, -0.2) is 55.0 Å². The normalized spacial score (nSPS) is 13.6. The van der Waals surface area contributed by atoms with Crippen LogP contribution in [0.1, 0.15) is 24.0 Å². The highest BCUT2D eigenvalue weighted by atomic mass is 16.6. The fraction of sp³-hybridized carbons (Fsp3) is 0.333. The number of methoxy groups -OCH3 is 1. The van der Waals surface area contributed by atoms with Crippen molar-refractivity contribution in [3.05, 3.63) is 59.7 Å². The van der Waals surface area contributed by atoms with Crippen LogP contribution in [0.2, 0.25) is 0 Å². The number of ether oxygens (including phenoxy) is 2. The first-order valence-electron chi connectivity index (χ1n) is 8.88. The number of carboxylic acid groups (broad SMARTS) is 1. The van der Waals surface area contributed by atoms with E-state index in [0.717, 1.165) is 22.3 Å². The van der Waals surface area contributed by atoms with Gasteiger partial charge in [0.15, 0.2) is 0 Å². The molecule has 1 aliphatic rings. The van der Waals surface area contributed by atoms with Gasteiger partial charge in [-0.25, -0.2) is 9.59 Å². The van der Waals surface area contributed by atoms with Gasteiger partial charge in [-0.15, -0.1) is 0 Å². The van der Waals surface area contributed by atoms with Gasteiger partial charge in [-0.1, -0.05) is 48.5 Å². The van der Waals surface area contributed by atoms with Crippen LogP contribution in [0, 0.1) is 0 Å². The van der Waals surface area contributed by atoms with E-state index in [4.69, 9.17) is 9.47 Å². The van der Waals surface area contributed by atoms with E-state index in [1.807, 2.05) is 36.4 Å². The maximum Gasteiger partial charge on any atom is 0.410 e. The van der Waals surface area contributed by atoms with E-state index in [1.54, 1.807) is 0 Å². The summed E-state index contributed by atoms with van der Waals surface area (Å²) >= 11 is 0. The first-order valence-corrected chi connectivity index (χ1v) is 8.88. The van der Waals surface area contributed by atoms with Crippen LogP contribution < -0.4 is 0 Å². The molecule has 0 saturated carbocycles. The zero-order chi connectivity index (χ0) is 19.4. The van der Waals surface area contributed by atoms with Crippen molar-refractivity contribution in [2.24, 2.45) is 0 Å². The number of nitrogens with zero attached hydrogens (tertiary/aromatic N) is 1. The first kappa shape index (κ1) is 18.9. The maximum absolute atomic E-state index is 12.6. The molecular weight excluding hydrogens is 346 g/mol. The average molecular weight is 369 g/mol. The zero-order valence-corrected chi connectivity index (χ0v) is 15.4. The Balaban J connectivity index is 1.77. The van der Waals surface area contributed by atoms with Gasteiger partial charge in [-0.3, -0.25) is 4.90 Å². The third-order valence-electron chi connectivity index (χ3n) is 4.93. The van der Waals surface area contributed by atoms with Gasteiger partial charge in [0, 0.05) is 19.6 Å². The van der Waals surface area contributed by atoms with Gasteiger partial charge >= 0.3 is 12.1 Å². The number of rotatable bonds is 7. The van der Waals surface area contributed by atoms with E-state index >= 15 is 0 Å². The second-order valence-electron chi connectivity index (χ2n) is 6.50. The van der Waals surface area contributed by atoms with Gasteiger partial charge in [0.2, 0.25) is 0 Å². The van der Waals surface area contributed by atoms with Crippen molar-refractivity contribution >= 4 is 12.1 Å². The van der Waals surface area contributed by atoms with Crippen molar-refractivity contribution in [3.63, 3.8) is 0 Å². The lowest BCUT2D eigenvalue weighted by molar-refractivity contribution is -0.142. The van der Waals surface area contributed by atoms with E-state index < -0.39 is 18.1 Å². The number of fused-ring (bicyclic) bond motifs is 3. The van der Waals surface area contributed by atoms with Crippen LogP contribution in [0.5, 0.6) is 0 Å². The zero-order valence-electron chi connectivity index (χ0n) is 15.4. The smallest absolute Gasteiger partial charge is 0.410 e. The van der Waals surface area contributed by atoms with Crippen molar-refractivity contribution in [3.8, 4) is 11.1 Å². The van der Waals surface area contributed by atoms with Crippen LogP contribution in [0.15, 0.2) is 48.5 Å². The number of hydrogen-bond donors (Lipinski definition) is 1. The van der Waals surface area contributed by atoms with Gasteiger partial charge < -0.3 is 14.6 Å². The standard InChI is InChI=1S/C21H23NO5/c1-14(20(23)24)22(11-12-26-2)21(25)27-13-19-17-9-5-3-7-15(17)16-8-4-6-10-18(16)19/h3-10,14,19H,11-13H2,1-2H3,(H,23,24). The second kappa shape index (κ2) is 8.22. The minimum Gasteiger partial charge on any atom is -0.480 e. The summed E-state index contributed by atoms with van der Waals surface area (Å²) in [6.45, 7) is 2.00. The summed E-state index contributed by atoms with van der Waals surface area (Å²) in [7, 11) is 1.50.